The standard InChI is InChI=1S/2C7H5.C3H11NSi.Hf/c2*1-2-7-5-3-4-6-7;1-5(2,3)4;/h2*3-5H,1H2;4H2,1-3H3;/q2*-1;;. The zero-order valence-corrected chi connectivity index (χ0v) is 17.0. The molecule has 3 heteroatoms. The zero-order chi connectivity index (χ0) is 14.7. The summed E-state index contributed by atoms with van der Waals surface area (Å²) in [6, 6.07) is 0. The minimum absolute atomic E-state index is 0. The summed E-state index contributed by atoms with van der Waals surface area (Å²) in [5.74, 6) is 0. The second kappa shape index (κ2) is 11.8. The predicted molar refractivity (Wildman–Crippen MR) is 86.7 cm³/mol. The Labute approximate surface area is 143 Å². The molecule has 104 valence electrons. The molecule has 0 amide bonds. The summed E-state index contributed by atoms with van der Waals surface area (Å²) >= 11 is 0. The largest absolute Gasteiger partial charge is 0.351 e. The van der Waals surface area contributed by atoms with E-state index >= 15 is 0 Å². The first-order chi connectivity index (χ1) is 8.86. The van der Waals surface area contributed by atoms with E-state index in [1.54, 1.807) is 0 Å². The third-order valence-electron chi connectivity index (χ3n) is 1.58. The minimum atomic E-state index is -1.11. The Morgan fingerprint density at radius 3 is 1.35 bits per heavy atom. The second-order valence-electron chi connectivity index (χ2n) is 4.89. The molecule has 0 saturated heterocycles. The van der Waals surface area contributed by atoms with E-state index in [0.717, 1.165) is 11.1 Å². The summed E-state index contributed by atoms with van der Waals surface area (Å²) in [5.41, 5.74) is 7.29. The van der Waals surface area contributed by atoms with Crippen molar-refractivity contribution < 1.29 is 25.8 Å². The van der Waals surface area contributed by atoms with E-state index in [0.29, 0.717) is 0 Å². The van der Waals surface area contributed by atoms with Crippen LogP contribution in [0.4, 0.5) is 0 Å². The van der Waals surface area contributed by atoms with E-state index in [1.807, 2.05) is 36.5 Å². The zero-order valence-electron chi connectivity index (χ0n) is 12.5. The fraction of sp³-hybridized carbons (Fsp3) is 0.176. The summed E-state index contributed by atoms with van der Waals surface area (Å²) in [6.45, 7) is 13.2. The summed E-state index contributed by atoms with van der Waals surface area (Å²) < 4.78 is 0. The van der Waals surface area contributed by atoms with Crippen molar-refractivity contribution in [3.8, 4) is 0 Å². The first kappa shape index (κ1) is 21.3. The van der Waals surface area contributed by atoms with Gasteiger partial charge in [0.15, 0.2) is 0 Å². The average molecular weight is 446 g/mol. The van der Waals surface area contributed by atoms with Crippen molar-refractivity contribution >= 4 is 8.24 Å². The van der Waals surface area contributed by atoms with Gasteiger partial charge in [0.1, 0.15) is 8.24 Å². The third-order valence-corrected chi connectivity index (χ3v) is 1.58. The molecule has 0 aliphatic heterocycles. The summed E-state index contributed by atoms with van der Waals surface area (Å²) in [5, 5.41) is 5.49. The van der Waals surface area contributed by atoms with Crippen LogP contribution in [-0.4, -0.2) is 8.24 Å². The van der Waals surface area contributed by atoms with Gasteiger partial charge < -0.3 is 5.40 Å². The SMILES string of the molecule is C=C=C1[C-]=CC=C1.C=C=C1[C-]=CC=C1.C[Si](C)(C)N.[Hf]. The van der Waals surface area contributed by atoms with Crippen molar-refractivity contribution in [2.75, 3.05) is 0 Å². The number of hydrogen-bond acceptors (Lipinski definition) is 1. The van der Waals surface area contributed by atoms with Crippen LogP contribution < -0.4 is 5.40 Å². The van der Waals surface area contributed by atoms with Crippen molar-refractivity contribution in [3.05, 3.63) is 84.4 Å². The van der Waals surface area contributed by atoms with Crippen LogP contribution in [0, 0.1) is 12.2 Å². The molecule has 0 fully saturated rings. The van der Waals surface area contributed by atoms with E-state index in [1.165, 1.54) is 0 Å². The van der Waals surface area contributed by atoms with E-state index < -0.39 is 8.24 Å². The van der Waals surface area contributed by atoms with Gasteiger partial charge in [0.05, 0.1) is 0 Å². The molecule has 2 aliphatic carbocycles. The topological polar surface area (TPSA) is 26.0 Å². The Morgan fingerprint density at radius 2 is 1.25 bits per heavy atom. The molecule has 0 heterocycles. The van der Waals surface area contributed by atoms with E-state index in [4.69, 9.17) is 5.40 Å². The van der Waals surface area contributed by atoms with Crippen molar-refractivity contribution in [2.24, 2.45) is 5.40 Å². The van der Waals surface area contributed by atoms with Crippen molar-refractivity contribution in [2.45, 2.75) is 19.6 Å². The molecule has 0 atom stereocenters. The number of hydrogen-bond donors (Lipinski definition) is 1. The smallest absolute Gasteiger partial charge is 0.113 e. The van der Waals surface area contributed by atoms with Crippen LogP contribution in [0.1, 0.15) is 0 Å². The Hall–Kier alpha value is -0.953. The van der Waals surface area contributed by atoms with Crippen LogP contribution in [0.3, 0.4) is 0 Å². The van der Waals surface area contributed by atoms with Gasteiger partial charge >= 0.3 is 0 Å². The molecule has 20 heavy (non-hydrogen) atoms. The molecule has 0 bridgehead atoms. The first-order valence-electron chi connectivity index (χ1n) is 5.98. The molecular formula is C17H21HfNSi-2. The summed E-state index contributed by atoms with van der Waals surface area (Å²) in [4.78, 5) is 0. The third kappa shape index (κ3) is 15.1. The monoisotopic (exact) mass is 447 g/mol. The number of nitrogens with two attached hydrogens (primary N) is 1. The van der Waals surface area contributed by atoms with Crippen molar-refractivity contribution in [1.29, 1.82) is 0 Å². The number of allylic oxidation sites excluding steroid dienone is 10. The van der Waals surface area contributed by atoms with Crippen LogP contribution in [-0.2, 0) is 25.8 Å². The average Bonchev–Trinajstić information content (AvgIpc) is 3.01. The summed E-state index contributed by atoms with van der Waals surface area (Å²) in [7, 11) is -1.11. The van der Waals surface area contributed by atoms with Gasteiger partial charge in [-0.1, -0.05) is 19.6 Å². The maximum Gasteiger partial charge on any atom is 0.113 e. The molecule has 0 aromatic carbocycles. The fourth-order valence-electron chi connectivity index (χ4n) is 0.881. The first-order valence-corrected chi connectivity index (χ1v) is 9.56. The van der Waals surface area contributed by atoms with Gasteiger partial charge in [-0.05, 0) is 0 Å². The second-order valence-corrected chi connectivity index (χ2v) is 9.62. The van der Waals surface area contributed by atoms with Crippen molar-refractivity contribution in [3.63, 3.8) is 0 Å². The molecule has 0 spiro atoms. The van der Waals surface area contributed by atoms with Gasteiger partial charge in [-0.15, -0.1) is 36.5 Å². The van der Waals surface area contributed by atoms with Crippen LogP contribution in [0.2, 0.25) is 19.6 Å². The minimum Gasteiger partial charge on any atom is -0.351 e. The molecule has 2 aliphatic rings. The Kier molecular flexibility index (Phi) is 12.6. The molecule has 0 radical (unpaired) electrons. The van der Waals surface area contributed by atoms with E-state index in [2.05, 4.69) is 56.4 Å². The molecular weight excluding hydrogens is 425 g/mol. The normalized spacial score (nSPS) is 13.6. The van der Waals surface area contributed by atoms with Gasteiger partial charge in [0.25, 0.3) is 0 Å². The Balaban J connectivity index is 0. The van der Waals surface area contributed by atoms with Crippen molar-refractivity contribution in [1.82, 2.24) is 0 Å². The molecule has 0 unspecified atom stereocenters. The molecule has 2 N–H and O–H groups in total. The van der Waals surface area contributed by atoms with E-state index in [9.17, 15) is 0 Å². The van der Waals surface area contributed by atoms with Crippen LogP contribution in [0.15, 0.2) is 72.2 Å². The maximum atomic E-state index is 5.49. The molecule has 0 aromatic rings. The predicted octanol–water partition coefficient (Wildman–Crippen LogP) is 4.03. The molecule has 0 saturated carbocycles. The van der Waals surface area contributed by atoms with Gasteiger partial charge in [-0.2, -0.15) is 36.5 Å². The Morgan fingerprint density at radius 1 is 0.950 bits per heavy atom. The Bertz CT molecular complexity index is 428. The van der Waals surface area contributed by atoms with E-state index in [-0.39, 0.29) is 25.8 Å². The van der Waals surface area contributed by atoms with Gasteiger partial charge in [-0.3, -0.25) is 0 Å². The van der Waals surface area contributed by atoms with Gasteiger partial charge in [0.2, 0.25) is 0 Å². The van der Waals surface area contributed by atoms with Gasteiger partial charge in [0, 0.05) is 25.8 Å². The fourth-order valence-corrected chi connectivity index (χ4v) is 0.881. The summed E-state index contributed by atoms with van der Waals surface area (Å²) in [6.07, 6.45) is 17.1. The molecule has 2 rings (SSSR count). The van der Waals surface area contributed by atoms with Crippen LogP contribution in [0.25, 0.3) is 0 Å². The molecule has 0 aromatic heterocycles. The quantitative estimate of drug-likeness (QED) is 0.340. The van der Waals surface area contributed by atoms with Crippen LogP contribution in [0.5, 0.6) is 0 Å². The van der Waals surface area contributed by atoms with Gasteiger partial charge in [-0.25, -0.2) is 11.5 Å². The molecule has 1 nitrogen and oxygen atoms in total. The van der Waals surface area contributed by atoms with Crippen LogP contribution >= 0.6 is 0 Å². The number of rotatable bonds is 0. The maximum absolute atomic E-state index is 5.49.